The van der Waals surface area contributed by atoms with Crippen LogP contribution in [0.3, 0.4) is 0 Å². The normalized spacial score (nSPS) is 25.5. The fraction of sp³-hybridized carbons (Fsp3) is 0.818. The first kappa shape index (κ1) is 12.0. The van der Waals surface area contributed by atoms with Gasteiger partial charge in [-0.2, -0.15) is 0 Å². The maximum absolute atomic E-state index is 11.8. The Morgan fingerprint density at radius 2 is 2.27 bits per heavy atom. The minimum absolute atomic E-state index is 0.264. The van der Waals surface area contributed by atoms with Crippen LogP contribution < -0.4 is 0 Å². The summed E-state index contributed by atoms with van der Waals surface area (Å²) in [6.07, 6.45) is 0.952. The molecular formula is C11H18O4. The Balaban J connectivity index is 2.85. The Morgan fingerprint density at radius 3 is 2.67 bits per heavy atom. The van der Waals surface area contributed by atoms with E-state index in [1.807, 2.05) is 13.8 Å². The molecule has 1 rings (SSSR count). The molecule has 0 spiro atoms. The summed E-state index contributed by atoms with van der Waals surface area (Å²) < 4.78 is 9.86. The van der Waals surface area contributed by atoms with Crippen molar-refractivity contribution in [1.82, 2.24) is 0 Å². The molecule has 4 nitrogen and oxygen atoms in total. The highest BCUT2D eigenvalue weighted by Crippen LogP contribution is 2.37. The minimum Gasteiger partial charge on any atom is -0.465 e. The van der Waals surface area contributed by atoms with Crippen LogP contribution in [0.5, 0.6) is 0 Å². The van der Waals surface area contributed by atoms with Crippen LogP contribution in [0.2, 0.25) is 0 Å². The van der Waals surface area contributed by atoms with Gasteiger partial charge in [0.2, 0.25) is 0 Å². The van der Waals surface area contributed by atoms with Gasteiger partial charge in [0.25, 0.3) is 0 Å². The molecule has 1 heterocycles. The molecule has 15 heavy (non-hydrogen) atoms. The predicted octanol–water partition coefficient (Wildman–Crippen LogP) is 1.53. The van der Waals surface area contributed by atoms with Gasteiger partial charge in [0.1, 0.15) is 0 Å². The second-order valence-corrected chi connectivity index (χ2v) is 4.29. The zero-order valence-electron chi connectivity index (χ0n) is 9.54. The van der Waals surface area contributed by atoms with E-state index < -0.39 is 17.4 Å². The van der Waals surface area contributed by atoms with Crippen molar-refractivity contribution in [3.8, 4) is 0 Å². The van der Waals surface area contributed by atoms with Gasteiger partial charge in [-0.05, 0) is 19.3 Å². The first-order valence-corrected chi connectivity index (χ1v) is 5.37. The number of cyclic esters (lactones) is 1. The third-order valence-corrected chi connectivity index (χ3v) is 2.58. The van der Waals surface area contributed by atoms with Crippen molar-refractivity contribution in [3.63, 3.8) is 0 Å². The maximum Gasteiger partial charge on any atom is 0.323 e. The lowest BCUT2D eigenvalue weighted by Gasteiger charge is -2.23. The second-order valence-electron chi connectivity index (χ2n) is 4.29. The van der Waals surface area contributed by atoms with Gasteiger partial charge < -0.3 is 9.47 Å². The Bertz CT molecular complexity index is 259. The van der Waals surface area contributed by atoms with Crippen LogP contribution in [0.25, 0.3) is 0 Å². The number of ether oxygens (including phenoxy) is 2. The van der Waals surface area contributed by atoms with Crippen LogP contribution in [-0.2, 0) is 19.1 Å². The van der Waals surface area contributed by atoms with E-state index >= 15 is 0 Å². The molecule has 86 valence electrons. The van der Waals surface area contributed by atoms with Crippen LogP contribution in [0.15, 0.2) is 0 Å². The van der Waals surface area contributed by atoms with Gasteiger partial charge in [-0.25, -0.2) is 0 Å². The molecule has 0 aromatic carbocycles. The van der Waals surface area contributed by atoms with Crippen molar-refractivity contribution in [1.29, 1.82) is 0 Å². The van der Waals surface area contributed by atoms with Gasteiger partial charge in [-0.15, -0.1) is 0 Å². The average Bonchev–Trinajstić information content (AvgIpc) is 2.48. The van der Waals surface area contributed by atoms with Gasteiger partial charge in [0.15, 0.2) is 5.41 Å². The fourth-order valence-electron chi connectivity index (χ4n) is 1.98. The topological polar surface area (TPSA) is 52.6 Å². The molecule has 0 radical (unpaired) electrons. The number of carbonyl (C=O) groups is 2. The Kier molecular flexibility index (Phi) is 3.72. The van der Waals surface area contributed by atoms with Crippen molar-refractivity contribution in [2.75, 3.05) is 13.2 Å². The summed E-state index contributed by atoms with van der Waals surface area (Å²) in [5, 5.41) is 0. The average molecular weight is 214 g/mol. The number of carbonyl (C=O) groups excluding carboxylic acids is 2. The molecule has 0 bridgehead atoms. The third kappa shape index (κ3) is 2.30. The van der Waals surface area contributed by atoms with E-state index in [9.17, 15) is 9.59 Å². The minimum atomic E-state index is -1.04. The van der Waals surface area contributed by atoms with Crippen molar-refractivity contribution in [2.24, 2.45) is 11.3 Å². The van der Waals surface area contributed by atoms with E-state index in [0.717, 1.165) is 0 Å². The lowest BCUT2D eigenvalue weighted by atomic mass is 9.79. The number of hydrogen-bond donors (Lipinski definition) is 0. The molecule has 1 aliphatic heterocycles. The molecule has 0 aliphatic carbocycles. The summed E-state index contributed by atoms with van der Waals surface area (Å²) in [6, 6.07) is 0. The first-order valence-electron chi connectivity index (χ1n) is 5.37. The number of hydrogen-bond acceptors (Lipinski definition) is 4. The zero-order valence-corrected chi connectivity index (χ0v) is 9.54. The largest absolute Gasteiger partial charge is 0.465 e. The monoisotopic (exact) mass is 214 g/mol. The second kappa shape index (κ2) is 4.64. The van der Waals surface area contributed by atoms with Crippen molar-refractivity contribution in [3.05, 3.63) is 0 Å². The van der Waals surface area contributed by atoms with Gasteiger partial charge in [-0.3, -0.25) is 9.59 Å². The highest BCUT2D eigenvalue weighted by atomic mass is 16.6. The molecule has 1 saturated heterocycles. The molecule has 0 aromatic rings. The summed E-state index contributed by atoms with van der Waals surface area (Å²) in [4.78, 5) is 23.4. The zero-order chi connectivity index (χ0) is 11.5. The van der Waals surface area contributed by atoms with Crippen LogP contribution >= 0.6 is 0 Å². The molecule has 0 aromatic heterocycles. The van der Waals surface area contributed by atoms with Crippen LogP contribution in [0.1, 0.15) is 33.6 Å². The molecule has 0 unspecified atom stereocenters. The Morgan fingerprint density at radius 1 is 1.60 bits per heavy atom. The molecule has 1 atom stereocenters. The van der Waals surface area contributed by atoms with E-state index in [1.165, 1.54) is 0 Å². The maximum atomic E-state index is 11.8. The molecule has 1 aliphatic rings. The van der Waals surface area contributed by atoms with Gasteiger partial charge in [0.05, 0.1) is 13.2 Å². The lowest BCUT2D eigenvalue weighted by molar-refractivity contribution is -0.165. The van der Waals surface area contributed by atoms with E-state index in [-0.39, 0.29) is 5.92 Å². The van der Waals surface area contributed by atoms with Gasteiger partial charge >= 0.3 is 11.9 Å². The van der Waals surface area contributed by atoms with Crippen molar-refractivity contribution >= 4 is 11.9 Å². The summed E-state index contributed by atoms with van der Waals surface area (Å²) in [5.41, 5.74) is -1.04. The van der Waals surface area contributed by atoms with Gasteiger partial charge in [0, 0.05) is 6.42 Å². The summed E-state index contributed by atoms with van der Waals surface area (Å²) in [6.45, 7) is 6.32. The summed E-state index contributed by atoms with van der Waals surface area (Å²) in [5.74, 6) is -0.587. The van der Waals surface area contributed by atoms with Crippen molar-refractivity contribution in [2.45, 2.75) is 33.6 Å². The predicted molar refractivity (Wildman–Crippen MR) is 54.1 cm³/mol. The fourth-order valence-corrected chi connectivity index (χ4v) is 1.98. The molecular weight excluding hydrogens is 196 g/mol. The molecule has 0 amide bonds. The Hall–Kier alpha value is -1.06. The third-order valence-electron chi connectivity index (χ3n) is 2.58. The molecule has 4 heteroatoms. The summed E-state index contributed by atoms with van der Waals surface area (Å²) in [7, 11) is 0. The molecule has 1 fully saturated rings. The van der Waals surface area contributed by atoms with Gasteiger partial charge in [-0.1, -0.05) is 13.8 Å². The standard InChI is InChI=1S/C11H18O4/c1-4-14-9(12)11(7-8(2)3)5-6-15-10(11)13/h8H,4-7H2,1-3H3/t11-/m0/s1. The Labute approximate surface area is 89.9 Å². The quantitative estimate of drug-likeness (QED) is 0.526. The van der Waals surface area contributed by atoms with Crippen molar-refractivity contribution < 1.29 is 19.1 Å². The number of rotatable bonds is 4. The van der Waals surface area contributed by atoms with E-state index in [1.54, 1.807) is 6.92 Å². The molecule has 0 N–H and O–H groups in total. The van der Waals surface area contributed by atoms with E-state index in [4.69, 9.17) is 9.47 Å². The van der Waals surface area contributed by atoms with Crippen LogP contribution in [-0.4, -0.2) is 25.2 Å². The van der Waals surface area contributed by atoms with E-state index in [0.29, 0.717) is 26.1 Å². The van der Waals surface area contributed by atoms with Crippen LogP contribution in [0, 0.1) is 11.3 Å². The highest BCUT2D eigenvalue weighted by molar-refractivity contribution is 6.01. The summed E-state index contributed by atoms with van der Waals surface area (Å²) >= 11 is 0. The smallest absolute Gasteiger partial charge is 0.323 e. The first-order chi connectivity index (χ1) is 7.03. The van der Waals surface area contributed by atoms with Crippen LogP contribution in [0.4, 0.5) is 0 Å². The molecule has 0 saturated carbocycles. The van der Waals surface area contributed by atoms with E-state index in [2.05, 4.69) is 0 Å². The SMILES string of the molecule is CCOC(=O)[C@@]1(CC(C)C)CCOC1=O. The lowest BCUT2D eigenvalue weighted by Crippen LogP contribution is -2.38. The number of esters is 2. The highest BCUT2D eigenvalue weighted by Gasteiger charge is 2.52.